The monoisotopic (exact) mass is 165 g/mol. The standard InChI is InChI=1S/C8H7NO3/c1-12-8-2-3-9-7(5-11)6(8)4-10/h2-5H,1H3. The van der Waals surface area contributed by atoms with Crippen LogP contribution in [0, 0.1) is 0 Å². The predicted octanol–water partition coefficient (Wildman–Crippen LogP) is 0.715. The molecule has 4 heteroatoms. The van der Waals surface area contributed by atoms with Crippen LogP contribution in [0.15, 0.2) is 12.3 Å². The van der Waals surface area contributed by atoms with Gasteiger partial charge in [0.05, 0.1) is 12.7 Å². The molecule has 0 aliphatic carbocycles. The van der Waals surface area contributed by atoms with Gasteiger partial charge in [-0.1, -0.05) is 0 Å². The van der Waals surface area contributed by atoms with Crippen LogP contribution in [0.1, 0.15) is 20.8 Å². The number of pyridine rings is 1. The highest BCUT2D eigenvalue weighted by molar-refractivity contribution is 5.91. The summed E-state index contributed by atoms with van der Waals surface area (Å²) in [6.07, 6.45) is 2.48. The molecule has 12 heavy (non-hydrogen) atoms. The van der Waals surface area contributed by atoms with Crippen molar-refractivity contribution in [1.82, 2.24) is 4.98 Å². The molecule has 1 heterocycles. The van der Waals surface area contributed by atoms with E-state index in [2.05, 4.69) is 4.98 Å². The average Bonchev–Trinajstić information content (AvgIpc) is 2.16. The summed E-state index contributed by atoms with van der Waals surface area (Å²) in [7, 11) is 1.43. The number of hydrogen-bond donors (Lipinski definition) is 0. The minimum atomic E-state index is 0.101. The molecule has 0 spiro atoms. The number of methoxy groups -OCH3 is 1. The molecule has 0 bridgehead atoms. The van der Waals surface area contributed by atoms with Crippen LogP contribution in [-0.4, -0.2) is 24.7 Å². The topological polar surface area (TPSA) is 56.3 Å². The lowest BCUT2D eigenvalue weighted by Gasteiger charge is -2.02. The van der Waals surface area contributed by atoms with Crippen molar-refractivity contribution in [3.8, 4) is 5.75 Å². The Morgan fingerprint density at radius 2 is 2.17 bits per heavy atom. The molecule has 0 fully saturated rings. The molecule has 1 rings (SSSR count). The average molecular weight is 165 g/mol. The van der Waals surface area contributed by atoms with Crippen molar-refractivity contribution in [2.24, 2.45) is 0 Å². The molecule has 0 radical (unpaired) electrons. The van der Waals surface area contributed by atoms with Crippen LogP contribution in [0.4, 0.5) is 0 Å². The van der Waals surface area contributed by atoms with Gasteiger partial charge in [-0.3, -0.25) is 14.6 Å². The fourth-order valence-corrected chi connectivity index (χ4v) is 0.861. The van der Waals surface area contributed by atoms with Crippen molar-refractivity contribution < 1.29 is 14.3 Å². The van der Waals surface area contributed by atoms with E-state index < -0.39 is 0 Å². The number of ether oxygens (including phenoxy) is 1. The van der Waals surface area contributed by atoms with Gasteiger partial charge in [0.1, 0.15) is 11.4 Å². The number of aromatic nitrogens is 1. The van der Waals surface area contributed by atoms with E-state index in [1.54, 1.807) is 0 Å². The van der Waals surface area contributed by atoms with Gasteiger partial charge in [0, 0.05) is 6.20 Å². The lowest BCUT2D eigenvalue weighted by Crippen LogP contribution is -1.98. The summed E-state index contributed by atoms with van der Waals surface area (Å²) in [6, 6.07) is 1.52. The summed E-state index contributed by atoms with van der Waals surface area (Å²) in [4.78, 5) is 24.6. The summed E-state index contributed by atoms with van der Waals surface area (Å²) < 4.78 is 4.85. The minimum absolute atomic E-state index is 0.101. The summed E-state index contributed by atoms with van der Waals surface area (Å²) in [5.41, 5.74) is 0.291. The molecule has 0 atom stereocenters. The van der Waals surface area contributed by atoms with E-state index >= 15 is 0 Å². The SMILES string of the molecule is COc1ccnc(C=O)c1C=O. The second-order valence-electron chi connectivity index (χ2n) is 2.05. The molecule has 4 nitrogen and oxygen atoms in total. The Kier molecular flexibility index (Phi) is 2.53. The molecule has 0 aromatic carbocycles. The highest BCUT2D eigenvalue weighted by Crippen LogP contribution is 2.16. The third-order valence-electron chi connectivity index (χ3n) is 1.43. The number of hydrogen-bond acceptors (Lipinski definition) is 4. The Morgan fingerprint density at radius 3 is 2.67 bits per heavy atom. The Labute approximate surface area is 69.2 Å². The molecule has 62 valence electrons. The molecule has 0 aliphatic rings. The molecule has 1 aromatic heterocycles. The van der Waals surface area contributed by atoms with Gasteiger partial charge in [-0.15, -0.1) is 0 Å². The first-order valence-electron chi connectivity index (χ1n) is 3.26. The van der Waals surface area contributed by atoms with E-state index in [1.165, 1.54) is 19.4 Å². The number of rotatable bonds is 3. The first kappa shape index (κ1) is 8.39. The van der Waals surface area contributed by atoms with Crippen LogP contribution in [0.2, 0.25) is 0 Å². The molecule has 0 unspecified atom stereocenters. The maximum atomic E-state index is 10.5. The normalized spacial score (nSPS) is 9.08. The third-order valence-corrected chi connectivity index (χ3v) is 1.43. The summed E-state index contributed by atoms with van der Waals surface area (Å²) in [6.45, 7) is 0. The second kappa shape index (κ2) is 3.61. The fourth-order valence-electron chi connectivity index (χ4n) is 0.861. The summed E-state index contributed by atoms with van der Waals surface area (Å²) >= 11 is 0. The van der Waals surface area contributed by atoms with E-state index in [9.17, 15) is 9.59 Å². The van der Waals surface area contributed by atoms with Crippen LogP contribution in [0.3, 0.4) is 0 Å². The van der Waals surface area contributed by atoms with E-state index in [0.29, 0.717) is 18.3 Å². The van der Waals surface area contributed by atoms with Crippen molar-refractivity contribution in [2.75, 3.05) is 7.11 Å². The molecule has 0 saturated heterocycles. The van der Waals surface area contributed by atoms with Crippen molar-refractivity contribution in [2.45, 2.75) is 0 Å². The molecule has 0 saturated carbocycles. The number of carbonyl (C=O) groups is 2. The quantitative estimate of drug-likeness (QED) is 0.619. The van der Waals surface area contributed by atoms with Gasteiger partial charge in [-0.05, 0) is 6.07 Å². The lowest BCUT2D eigenvalue weighted by atomic mass is 10.2. The Hall–Kier alpha value is -1.71. The summed E-state index contributed by atoms with van der Waals surface area (Å²) in [5, 5.41) is 0. The zero-order valence-corrected chi connectivity index (χ0v) is 6.48. The molecule has 0 aliphatic heterocycles. The minimum Gasteiger partial charge on any atom is -0.496 e. The van der Waals surface area contributed by atoms with Crippen LogP contribution < -0.4 is 4.74 Å². The largest absolute Gasteiger partial charge is 0.496 e. The zero-order chi connectivity index (χ0) is 8.97. The fraction of sp³-hybridized carbons (Fsp3) is 0.125. The van der Waals surface area contributed by atoms with Gasteiger partial charge < -0.3 is 4.74 Å². The van der Waals surface area contributed by atoms with Crippen LogP contribution in [0.25, 0.3) is 0 Å². The maximum Gasteiger partial charge on any atom is 0.169 e. The Bertz CT molecular complexity index is 309. The van der Waals surface area contributed by atoms with E-state index in [0.717, 1.165) is 0 Å². The van der Waals surface area contributed by atoms with Crippen molar-refractivity contribution in [1.29, 1.82) is 0 Å². The zero-order valence-electron chi connectivity index (χ0n) is 6.48. The molecule has 0 amide bonds. The number of carbonyl (C=O) groups excluding carboxylic acids is 2. The number of nitrogens with zero attached hydrogens (tertiary/aromatic N) is 1. The second-order valence-corrected chi connectivity index (χ2v) is 2.05. The van der Waals surface area contributed by atoms with E-state index in [1.807, 2.05) is 0 Å². The lowest BCUT2D eigenvalue weighted by molar-refractivity contribution is 0.108. The highest BCUT2D eigenvalue weighted by Gasteiger charge is 2.07. The first-order chi connectivity index (χ1) is 5.83. The van der Waals surface area contributed by atoms with Gasteiger partial charge in [-0.25, -0.2) is 0 Å². The van der Waals surface area contributed by atoms with Crippen molar-refractivity contribution >= 4 is 12.6 Å². The predicted molar refractivity (Wildman–Crippen MR) is 41.6 cm³/mol. The van der Waals surface area contributed by atoms with Crippen molar-refractivity contribution in [3.05, 3.63) is 23.5 Å². The number of aldehydes is 2. The van der Waals surface area contributed by atoms with E-state index in [-0.39, 0.29) is 11.3 Å². The maximum absolute atomic E-state index is 10.5. The third kappa shape index (κ3) is 1.32. The van der Waals surface area contributed by atoms with Gasteiger partial charge in [0.15, 0.2) is 12.6 Å². The summed E-state index contributed by atoms with van der Waals surface area (Å²) in [5.74, 6) is 0.363. The van der Waals surface area contributed by atoms with Crippen LogP contribution >= 0.6 is 0 Å². The van der Waals surface area contributed by atoms with Gasteiger partial charge >= 0.3 is 0 Å². The molecular formula is C8H7NO3. The Morgan fingerprint density at radius 1 is 1.42 bits per heavy atom. The van der Waals surface area contributed by atoms with Gasteiger partial charge in [0.2, 0.25) is 0 Å². The van der Waals surface area contributed by atoms with Gasteiger partial charge in [0.25, 0.3) is 0 Å². The van der Waals surface area contributed by atoms with Crippen LogP contribution in [0.5, 0.6) is 5.75 Å². The smallest absolute Gasteiger partial charge is 0.169 e. The van der Waals surface area contributed by atoms with Gasteiger partial charge in [-0.2, -0.15) is 0 Å². The van der Waals surface area contributed by atoms with E-state index in [4.69, 9.17) is 4.74 Å². The molecule has 1 aromatic rings. The van der Waals surface area contributed by atoms with Crippen molar-refractivity contribution in [3.63, 3.8) is 0 Å². The van der Waals surface area contributed by atoms with Crippen LogP contribution in [-0.2, 0) is 0 Å². The first-order valence-corrected chi connectivity index (χ1v) is 3.26. The highest BCUT2D eigenvalue weighted by atomic mass is 16.5. The Balaban J connectivity index is 3.31. The molecular weight excluding hydrogens is 158 g/mol. The molecule has 0 N–H and O–H groups in total.